The Labute approximate surface area is 108 Å². The summed E-state index contributed by atoms with van der Waals surface area (Å²) in [5.41, 5.74) is 5.23. The summed E-state index contributed by atoms with van der Waals surface area (Å²) in [6.45, 7) is 0. The summed E-state index contributed by atoms with van der Waals surface area (Å²) in [5.74, 6) is -1.82. The second kappa shape index (κ2) is 5.30. The van der Waals surface area contributed by atoms with E-state index in [0.29, 0.717) is 5.56 Å². The molecule has 0 spiro atoms. The van der Waals surface area contributed by atoms with Crippen LogP contribution in [0.2, 0.25) is 0 Å². The first-order valence-corrected chi connectivity index (χ1v) is 5.44. The lowest BCUT2D eigenvalue weighted by atomic mass is 10.2. The van der Waals surface area contributed by atoms with Crippen LogP contribution in [0.4, 0.5) is 4.39 Å². The standard InChI is InChI=1S/C14H10FNO3/c15-12-4-2-1-3-11(12)14(18)19-10-7-5-9(6-8-10)13(16)17/h1-8H,(H2,16,17). The van der Waals surface area contributed by atoms with Crippen LogP contribution in [0, 0.1) is 5.82 Å². The molecule has 0 unspecified atom stereocenters. The molecule has 96 valence electrons. The van der Waals surface area contributed by atoms with Crippen LogP contribution in [0.1, 0.15) is 20.7 Å². The van der Waals surface area contributed by atoms with E-state index in [4.69, 9.17) is 10.5 Å². The van der Waals surface area contributed by atoms with Crippen molar-refractivity contribution in [3.8, 4) is 5.75 Å². The number of ether oxygens (including phenoxy) is 1. The Morgan fingerprint density at radius 3 is 2.21 bits per heavy atom. The lowest BCUT2D eigenvalue weighted by molar-refractivity contribution is 0.0730. The van der Waals surface area contributed by atoms with Gasteiger partial charge in [0, 0.05) is 5.56 Å². The largest absolute Gasteiger partial charge is 0.423 e. The molecule has 4 nitrogen and oxygen atoms in total. The van der Waals surface area contributed by atoms with Gasteiger partial charge < -0.3 is 10.5 Å². The number of esters is 1. The lowest BCUT2D eigenvalue weighted by Gasteiger charge is -2.05. The van der Waals surface area contributed by atoms with Crippen molar-refractivity contribution in [2.75, 3.05) is 0 Å². The lowest BCUT2D eigenvalue weighted by Crippen LogP contribution is -2.12. The van der Waals surface area contributed by atoms with Crippen molar-refractivity contribution in [2.24, 2.45) is 5.73 Å². The Bertz CT molecular complexity index is 623. The monoisotopic (exact) mass is 259 g/mol. The number of rotatable bonds is 3. The Hall–Kier alpha value is -2.69. The zero-order valence-corrected chi connectivity index (χ0v) is 9.80. The van der Waals surface area contributed by atoms with Crippen LogP contribution in [-0.4, -0.2) is 11.9 Å². The number of carbonyl (C=O) groups excluding carboxylic acids is 2. The Morgan fingerprint density at radius 1 is 1.00 bits per heavy atom. The molecular formula is C14H10FNO3. The first kappa shape index (κ1) is 12.8. The topological polar surface area (TPSA) is 69.4 Å². The van der Waals surface area contributed by atoms with Crippen LogP contribution in [0.25, 0.3) is 0 Å². The fraction of sp³-hybridized carbons (Fsp3) is 0. The number of carbonyl (C=O) groups is 2. The van der Waals surface area contributed by atoms with Gasteiger partial charge in [-0.1, -0.05) is 12.1 Å². The smallest absolute Gasteiger partial charge is 0.346 e. The molecule has 2 rings (SSSR count). The second-order valence-corrected chi connectivity index (χ2v) is 3.76. The van der Waals surface area contributed by atoms with Crippen LogP contribution in [0.15, 0.2) is 48.5 Å². The zero-order valence-electron chi connectivity index (χ0n) is 9.80. The molecule has 2 aromatic rings. The predicted molar refractivity (Wildman–Crippen MR) is 66.3 cm³/mol. The van der Waals surface area contributed by atoms with Crippen LogP contribution < -0.4 is 10.5 Å². The molecule has 2 N–H and O–H groups in total. The van der Waals surface area contributed by atoms with Gasteiger partial charge in [0.2, 0.25) is 5.91 Å². The van der Waals surface area contributed by atoms with Gasteiger partial charge in [0.15, 0.2) is 0 Å². The molecule has 5 heteroatoms. The minimum atomic E-state index is -0.801. The van der Waals surface area contributed by atoms with Gasteiger partial charge >= 0.3 is 5.97 Å². The third-order valence-corrected chi connectivity index (χ3v) is 2.44. The maximum absolute atomic E-state index is 13.4. The van der Waals surface area contributed by atoms with E-state index in [0.717, 1.165) is 0 Å². The summed E-state index contributed by atoms with van der Waals surface area (Å²) in [6.07, 6.45) is 0. The van der Waals surface area contributed by atoms with Crippen molar-refractivity contribution in [3.63, 3.8) is 0 Å². The van der Waals surface area contributed by atoms with Gasteiger partial charge in [-0.3, -0.25) is 4.79 Å². The second-order valence-electron chi connectivity index (χ2n) is 3.76. The Balaban J connectivity index is 2.15. The molecule has 0 aromatic heterocycles. The number of amides is 1. The highest BCUT2D eigenvalue weighted by atomic mass is 19.1. The maximum Gasteiger partial charge on any atom is 0.346 e. The molecule has 0 aliphatic rings. The van der Waals surface area contributed by atoms with Gasteiger partial charge in [0.05, 0.1) is 5.56 Å². The van der Waals surface area contributed by atoms with Crippen molar-refractivity contribution in [1.29, 1.82) is 0 Å². The number of hydrogen-bond donors (Lipinski definition) is 1. The third kappa shape index (κ3) is 2.95. The number of hydrogen-bond acceptors (Lipinski definition) is 3. The van der Waals surface area contributed by atoms with E-state index in [2.05, 4.69) is 0 Å². The van der Waals surface area contributed by atoms with Crippen molar-refractivity contribution in [3.05, 3.63) is 65.5 Å². The van der Waals surface area contributed by atoms with E-state index in [1.165, 1.54) is 48.5 Å². The minimum Gasteiger partial charge on any atom is -0.423 e. The first-order chi connectivity index (χ1) is 9.08. The van der Waals surface area contributed by atoms with Gasteiger partial charge in [-0.25, -0.2) is 9.18 Å². The molecular weight excluding hydrogens is 249 g/mol. The SMILES string of the molecule is NC(=O)c1ccc(OC(=O)c2ccccc2F)cc1. The molecule has 0 bridgehead atoms. The van der Waals surface area contributed by atoms with Crippen LogP contribution >= 0.6 is 0 Å². The van der Waals surface area contributed by atoms with Gasteiger partial charge in [0.1, 0.15) is 11.6 Å². The Kier molecular flexibility index (Phi) is 3.56. The summed E-state index contributed by atoms with van der Waals surface area (Å²) in [7, 11) is 0. The first-order valence-electron chi connectivity index (χ1n) is 5.44. The van der Waals surface area contributed by atoms with Gasteiger partial charge in [-0.15, -0.1) is 0 Å². The van der Waals surface area contributed by atoms with Crippen molar-refractivity contribution < 1.29 is 18.7 Å². The van der Waals surface area contributed by atoms with Crippen LogP contribution in [-0.2, 0) is 0 Å². The van der Waals surface area contributed by atoms with E-state index in [1.807, 2.05) is 0 Å². The Morgan fingerprint density at radius 2 is 1.63 bits per heavy atom. The molecule has 0 aliphatic carbocycles. The molecule has 0 atom stereocenters. The summed E-state index contributed by atoms with van der Waals surface area (Å²) < 4.78 is 18.3. The van der Waals surface area contributed by atoms with E-state index in [-0.39, 0.29) is 11.3 Å². The fourth-order valence-corrected chi connectivity index (χ4v) is 1.48. The summed E-state index contributed by atoms with van der Waals surface area (Å²) in [5, 5.41) is 0. The van der Waals surface area contributed by atoms with Gasteiger partial charge in [-0.05, 0) is 36.4 Å². The molecule has 2 aromatic carbocycles. The zero-order chi connectivity index (χ0) is 13.8. The molecule has 0 heterocycles. The van der Waals surface area contributed by atoms with Crippen molar-refractivity contribution in [1.82, 2.24) is 0 Å². The third-order valence-electron chi connectivity index (χ3n) is 2.44. The average Bonchev–Trinajstić information content (AvgIpc) is 2.39. The molecule has 0 aliphatic heterocycles. The molecule has 0 radical (unpaired) electrons. The van der Waals surface area contributed by atoms with E-state index in [9.17, 15) is 14.0 Å². The normalized spacial score (nSPS) is 9.95. The highest BCUT2D eigenvalue weighted by molar-refractivity contribution is 5.93. The number of nitrogens with two attached hydrogens (primary N) is 1. The maximum atomic E-state index is 13.4. The van der Waals surface area contributed by atoms with E-state index < -0.39 is 17.7 Å². The molecule has 0 saturated heterocycles. The minimum absolute atomic E-state index is 0.151. The molecule has 0 fully saturated rings. The van der Waals surface area contributed by atoms with Crippen LogP contribution in [0.5, 0.6) is 5.75 Å². The number of halogens is 1. The number of benzene rings is 2. The van der Waals surface area contributed by atoms with Crippen molar-refractivity contribution >= 4 is 11.9 Å². The van der Waals surface area contributed by atoms with Gasteiger partial charge in [-0.2, -0.15) is 0 Å². The summed E-state index contributed by atoms with van der Waals surface area (Å²) in [4.78, 5) is 22.6. The predicted octanol–water partition coefficient (Wildman–Crippen LogP) is 2.14. The van der Waals surface area contributed by atoms with Gasteiger partial charge in [0.25, 0.3) is 0 Å². The molecule has 19 heavy (non-hydrogen) atoms. The highest BCUT2D eigenvalue weighted by Gasteiger charge is 2.13. The van der Waals surface area contributed by atoms with Crippen molar-refractivity contribution in [2.45, 2.75) is 0 Å². The number of primary amides is 1. The fourth-order valence-electron chi connectivity index (χ4n) is 1.48. The average molecular weight is 259 g/mol. The highest BCUT2D eigenvalue weighted by Crippen LogP contribution is 2.15. The summed E-state index contributed by atoms with van der Waals surface area (Å²) in [6, 6.07) is 11.2. The van der Waals surface area contributed by atoms with E-state index in [1.54, 1.807) is 0 Å². The molecule has 1 amide bonds. The summed E-state index contributed by atoms with van der Waals surface area (Å²) >= 11 is 0. The quantitative estimate of drug-likeness (QED) is 0.678. The molecule has 0 saturated carbocycles. The van der Waals surface area contributed by atoms with Crippen LogP contribution in [0.3, 0.4) is 0 Å². The van der Waals surface area contributed by atoms with E-state index >= 15 is 0 Å².